The largest absolute Gasteiger partial charge is 0.387 e. The molecule has 0 spiro atoms. The van der Waals surface area contributed by atoms with Crippen LogP contribution in [0.3, 0.4) is 0 Å². The number of rotatable bonds is 4. The van der Waals surface area contributed by atoms with Crippen LogP contribution in [0.5, 0.6) is 0 Å². The number of nitrogens with zero attached hydrogens (tertiary/aromatic N) is 2. The van der Waals surface area contributed by atoms with E-state index in [1.807, 2.05) is 26.1 Å². The molecule has 1 unspecified atom stereocenters. The zero-order valence-electron chi connectivity index (χ0n) is 11.0. The van der Waals surface area contributed by atoms with Crippen molar-refractivity contribution in [2.24, 2.45) is 0 Å². The quantitative estimate of drug-likeness (QED) is 0.921. The van der Waals surface area contributed by atoms with E-state index in [2.05, 4.69) is 23.0 Å². The molecule has 96 valence electrons. The fraction of sp³-hybridized carbons (Fsp3) is 0.429. The average molecular weight is 262 g/mol. The Morgan fingerprint density at radius 1 is 1.33 bits per heavy atom. The van der Waals surface area contributed by atoms with E-state index in [9.17, 15) is 5.11 Å². The number of aryl methyl sites for hydroxylation is 3. The second-order valence-corrected chi connectivity index (χ2v) is 5.65. The Hall–Kier alpha value is -1.26. The van der Waals surface area contributed by atoms with Crippen LogP contribution in [0.2, 0.25) is 0 Å². The first-order valence-corrected chi connectivity index (χ1v) is 6.97. The van der Waals surface area contributed by atoms with E-state index >= 15 is 0 Å². The first-order chi connectivity index (χ1) is 8.60. The third kappa shape index (κ3) is 2.94. The maximum absolute atomic E-state index is 10.2. The standard InChI is InChI=1S/C14H18N2OS/c1-4-11-5-6-12(15-8-11)7-13(17)14-9(2)16-10(3)18-14/h5-6,8,13,17H,4,7H2,1-3H3. The van der Waals surface area contributed by atoms with E-state index in [4.69, 9.17) is 0 Å². The normalized spacial score (nSPS) is 12.7. The van der Waals surface area contributed by atoms with Gasteiger partial charge >= 0.3 is 0 Å². The maximum Gasteiger partial charge on any atom is 0.0956 e. The SMILES string of the molecule is CCc1ccc(CC(O)c2sc(C)nc2C)nc1. The van der Waals surface area contributed by atoms with Crippen molar-refractivity contribution in [3.05, 3.63) is 45.2 Å². The molecule has 0 bridgehead atoms. The molecule has 2 aromatic rings. The van der Waals surface area contributed by atoms with E-state index in [0.717, 1.165) is 27.7 Å². The van der Waals surface area contributed by atoms with Crippen molar-refractivity contribution < 1.29 is 5.11 Å². The van der Waals surface area contributed by atoms with Crippen LogP contribution in [0, 0.1) is 13.8 Å². The maximum atomic E-state index is 10.2. The van der Waals surface area contributed by atoms with Gasteiger partial charge in [0, 0.05) is 18.3 Å². The number of pyridine rings is 1. The highest BCUT2D eigenvalue weighted by Gasteiger charge is 2.15. The van der Waals surface area contributed by atoms with E-state index in [1.54, 1.807) is 11.3 Å². The van der Waals surface area contributed by atoms with Crippen molar-refractivity contribution in [2.75, 3.05) is 0 Å². The predicted octanol–water partition coefficient (Wildman–Crippen LogP) is 2.99. The highest BCUT2D eigenvalue weighted by Crippen LogP contribution is 2.26. The van der Waals surface area contributed by atoms with Gasteiger partial charge in [0.25, 0.3) is 0 Å². The summed E-state index contributed by atoms with van der Waals surface area (Å²) in [5.74, 6) is 0. The van der Waals surface area contributed by atoms with Gasteiger partial charge < -0.3 is 5.11 Å². The smallest absolute Gasteiger partial charge is 0.0956 e. The molecule has 0 aliphatic carbocycles. The molecular formula is C14H18N2OS. The van der Waals surface area contributed by atoms with Crippen LogP contribution >= 0.6 is 11.3 Å². The summed E-state index contributed by atoms with van der Waals surface area (Å²) in [6, 6.07) is 4.06. The Bertz CT molecular complexity index is 519. The van der Waals surface area contributed by atoms with E-state index < -0.39 is 6.10 Å². The van der Waals surface area contributed by atoms with Crippen molar-refractivity contribution in [1.29, 1.82) is 0 Å². The van der Waals surface area contributed by atoms with Crippen molar-refractivity contribution in [2.45, 2.75) is 39.7 Å². The van der Waals surface area contributed by atoms with E-state index in [-0.39, 0.29) is 0 Å². The van der Waals surface area contributed by atoms with Gasteiger partial charge in [0.2, 0.25) is 0 Å². The van der Waals surface area contributed by atoms with E-state index in [1.165, 1.54) is 5.56 Å². The Labute approximate surface area is 112 Å². The minimum atomic E-state index is -0.504. The zero-order valence-corrected chi connectivity index (χ0v) is 11.8. The second-order valence-electron chi connectivity index (χ2n) is 4.41. The lowest BCUT2D eigenvalue weighted by Gasteiger charge is -2.09. The van der Waals surface area contributed by atoms with Crippen molar-refractivity contribution >= 4 is 11.3 Å². The number of aliphatic hydroxyl groups is 1. The van der Waals surface area contributed by atoms with Gasteiger partial charge in [0.05, 0.1) is 21.7 Å². The summed E-state index contributed by atoms with van der Waals surface area (Å²) < 4.78 is 0. The highest BCUT2D eigenvalue weighted by atomic mass is 32.1. The Morgan fingerprint density at radius 2 is 2.11 bits per heavy atom. The monoisotopic (exact) mass is 262 g/mol. The van der Waals surface area contributed by atoms with Crippen molar-refractivity contribution in [3.8, 4) is 0 Å². The number of thiazole rings is 1. The van der Waals surface area contributed by atoms with Gasteiger partial charge in [-0.1, -0.05) is 13.0 Å². The molecule has 0 fully saturated rings. The summed E-state index contributed by atoms with van der Waals surface area (Å²) in [4.78, 5) is 9.67. The molecule has 0 aliphatic heterocycles. The number of aliphatic hydroxyl groups excluding tert-OH is 1. The van der Waals surface area contributed by atoms with E-state index in [0.29, 0.717) is 6.42 Å². The highest BCUT2D eigenvalue weighted by molar-refractivity contribution is 7.11. The molecule has 0 saturated carbocycles. The van der Waals surface area contributed by atoms with Gasteiger partial charge in [0.15, 0.2) is 0 Å². The second kappa shape index (κ2) is 5.59. The minimum absolute atomic E-state index is 0.504. The predicted molar refractivity (Wildman–Crippen MR) is 73.9 cm³/mol. The summed E-state index contributed by atoms with van der Waals surface area (Å²) in [6.45, 7) is 6.01. The Morgan fingerprint density at radius 3 is 2.61 bits per heavy atom. The van der Waals surface area contributed by atoms with Gasteiger partial charge in [-0.2, -0.15) is 0 Å². The van der Waals surface area contributed by atoms with Crippen LogP contribution in [0.1, 0.15) is 39.9 Å². The molecule has 4 heteroatoms. The van der Waals surface area contributed by atoms with Gasteiger partial charge in [-0.15, -0.1) is 11.3 Å². The molecule has 0 radical (unpaired) electrons. The number of hydrogen-bond acceptors (Lipinski definition) is 4. The van der Waals surface area contributed by atoms with Crippen LogP contribution < -0.4 is 0 Å². The molecule has 2 heterocycles. The molecule has 0 amide bonds. The first-order valence-electron chi connectivity index (χ1n) is 6.16. The fourth-order valence-electron chi connectivity index (χ4n) is 1.93. The molecule has 18 heavy (non-hydrogen) atoms. The van der Waals surface area contributed by atoms with Gasteiger partial charge in [-0.3, -0.25) is 4.98 Å². The number of hydrogen-bond donors (Lipinski definition) is 1. The topological polar surface area (TPSA) is 46.0 Å². The van der Waals surface area contributed by atoms with Crippen LogP contribution in [0.15, 0.2) is 18.3 Å². The zero-order chi connectivity index (χ0) is 13.1. The number of aromatic nitrogens is 2. The van der Waals surface area contributed by atoms with Crippen molar-refractivity contribution in [1.82, 2.24) is 9.97 Å². The molecule has 2 aromatic heterocycles. The lowest BCUT2D eigenvalue weighted by Crippen LogP contribution is -2.03. The van der Waals surface area contributed by atoms with Crippen molar-refractivity contribution in [3.63, 3.8) is 0 Å². The first kappa shape index (κ1) is 13.2. The summed E-state index contributed by atoms with van der Waals surface area (Å²) >= 11 is 1.56. The third-order valence-corrected chi connectivity index (χ3v) is 4.11. The molecule has 1 atom stereocenters. The minimum Gasteiger partial charge on any atom is -0.387 e. The van der Waals surface area contributed by atoms with Crippen LogP contribution in [0.4, 0.5) is 0 Å². The van der Waals surface area contributed by atoms with Crippen LogP contribution in [-0.4, -0.2) is 15.1 Å². The van der Waals surface area contributed by atoms with Crippen LogP contribution in [0.25, 0.3) is 0 Å². The molecule has 0 saturated heterocycles. The molecular weight excluding hydrogens is 244 g/mol. The Kier molecular flexibility index (Phi) is 4.09. The molecule has 0 aliphatic rings. The third-order valence-electron chi connectivity index (χ3n) is 2.94. The molecule has 0 aromatic carbocycles. The summed E-state index contributed by atoms with van der Waals surface area (Å²) in [6.07, 6.45) is 2.92. The summed E-state index contributed by atoms with van der Waals surface area (Å²) in [5.41, 5.74) is 3.07. The van der Waals surface area contributed by atoms with Gasteiger partial charge in [0.1, 0.15) is 0 Å². The molecule has 1 N–H and O–H groups in total. The average Bonchev–Trinajstić information content (AvgIpc) is 2.69. The summed E-state index contributed by atoms with van der Waals surface area (Å²) in [7, 11) is 0. The molecule has 3 nitrogen and oxygen atoms in total. The molecule has 2 rings (SSSR count). The Balaban J connectivity index is 2.10. The van der Waals surface area contributed by atoms with Gasteiger partial charge in [-0.05, 0) is 31.9 Å². The fourth-order valence-corrected chi connectivity index (χ4v) is 2.85. The van der Waals surface area contributed by atoms with Crippen LogP contribution in [-0.2, 0) is 12.8 Å². The lowest BCUT2D eigenvalue weighted by atomic mass is 10.1. The lowest BCUT2D eigenvalue weighted by molar-refractivity contribution is 0.180. The van der Waals surface area contributed by atoms with Gasteiger partial charge in [-0.25, -0.2) is 4.98 Å². The summed E-state index contributed by atoms with van der Waals surface area (Å²) in [5, 5.41) is 11.2.